The summed E-state index contributed by atoms with van der Waals surface area (Å²) < 4.78 is 78.3. The van der Waals surface area contributed by atoms with E-state index in [2.05, 4.69) is 31.3 Å². The van der Waals surface area contributed by atoms with E-state index in [0.717, 1.165) is 45.6 Å². The highest BCUT2D eigenvalue weighted by atomic mass is 32.2. The number of nitrogens with zero attached hydrogens (tertiary/aromatic N) is 5. The number of benzene rings is 2. The van der Waals surface area contributed by atoms with Gasteiger partial charge in [0.25, 0.3) is 0 Å². The number of likely N-dealkylation sites (tertiary alicyclic amines) is 1. The lowest BCUT2D eigenvalue weighted by atomic mass is 9.99. The molecule has 0 N–H and O–H groups in total. The maximum Gasteiger partial charge on any atom is 0.573 e. The Labute approximate surface area is 287 Å². The van der Waals surface area contributed by atoms with Crippen LogP contribution in [0.4, 0.5) is 18.9 Å². The van der Waals surface area contributed by atoms with E-state index >= 15 is 0 Å². The Bertz CT molecular complexity index is 1690. The fourth-order valence-corrected chi connectivity index (χ4v) is 8.98. The van der Waals surface area contributed by atoms with E-state index < -0.39 is 27.6 Å². The molecule has 1 aromatic heterocycles. The number of alkyl halides is 3. The van der Waals surface area contributed by atoms with Crippen LogP contribution >= 0.6 is 0 Å². The molecule has 0 unspecified atom stereocenters. The average molecular weight is 704 g/mol. The molecular formula is C36H48F3N5O4S. The molecule has 6 rings (SSSR count). The molecule has 3 saturated heterocycles. The number of piperazine rings is 1. The highest BCUT2D eigenvalue weighted by Gasteiger charge is 2.35. The van der Waals surface area contributed by atoms with Gasteiger partial charge in [0.1, 0.15) is 22.0 Å². The molecule has 268 valence electrons. The minimum atomic E-state index is -4.89. The Morgan fingerprint density at radius 2 is 1.33 bits per heavy atom. The van der Waals surface area contributed by atoms with Crippen LogP contribution in [0.2, 0.25) is 0 Å². The normalized spacial score (nSPS) is 20.2. The second kappa shape index (κ2) is 14.2. The van der Waals surface area contributed by atoms with Gasteiger partial charge in [-0.1, -0.05) is 6.92 Å². The van der Waals surface area contributed by atoms with Gasteiger partial charge in [-0.2, -0.15) is 0 Å². The first-order valence-electron chi connectivity index (χ1n) is 17.4. The molecule has 3 aliphatic heterocycles. The first-order chi connectivity index (χ1) is 23.2. The Balaban J connectivity index is 1.23. The van der Waals surface area contributed by atoms with E-state index in [-0.39, 0.29) is 9.79 Å². The standard InChI is InChI=1S/C36H48F3N5O4S/c1-5-41-16-12-26(13-17-41)42-20-22-43(23-21-42)27-14-18-44(19-15-27)34-31-24-29(48-36(37,38)39)8-11-32(31)40-25-33(34)49(45,46)30-9-6-28(7-10-30)47-35(2,3)4/h6-11,24-27H,5,12-23H2,1-4H3. The number of ether oxygens (including phenoxy) is 2. The zero-order chi connectivity index (χ0) is 35.0. The van der Waals surface area contributed by atoms with Crippen LogP contribution in [0.3, 0.4) is 0 Å². The molecular weight excluding hydrogens is 655 g/mol. The molecule has 3 fully saturated rings. The van der Waals surface area contributed by atoms with E-state index in [9.17, 15) is 21.6 Å². The van der Waals surface area contributed by atoms with Gasteiger partial charge < -0.3 is 19.3 Å². The monoisotopic (exact) mass is 703 g/mol. The molecule has 0 atom stereocenters. The molecule has 0 spiro atoms. The predicted octanol–water partition coefficient (Wildman–Crippen LogP) is 6.21. The van der Waals surface area contributed by atoms with E-state index in [0.29, 0.717) is 47.5 Å². The molecule has 0 saturated carbocycles. The van der Waals surface area contributed by atoms with Gasteiger partial charge in [-0.3, -0.25) is 14.8 Å². The lowest BCUT2D eigenvalue weighted by molar-refractivity contribution is -0.274. The van der Waals surface area contributed by atoms with E-state index in [1.54, 1.807) is 12.1 Å². The first-order valence-corrected chi connectivity index (χ1v) is 18.9. The van der Waals surface area contributed by atoms with Gasteiger partial charge in [-0.15, -0.1) is 13.2 Å². The summed E-state index contributed by atoms with van der Waals surface area (Å²) in [7, 11) is -4.12. The zero-order valence-electron chi connectivity index (χ0n) is 28.9. The third-order valence-corrected chi connectivity index (χ3v) is 11.8. The van der Waals surface area contributed by atoms with Crippen molar-refractivity contribution in [2.75, 3.05) is 63.8 Å². The molecule has 4 heterocycles. The Morgan fingerprint density at radius 1 is 0.776 bits per heavy atom. The van der Waals surface area contributed by atoms with Crippen molar-refractivity contribution in [1.29, 1.82) is 0 Å². The van der Waals surface area contributed by atoms with Crippen LogP contribution in [0.5, 0.6) is 11.5 Å². The van der Waals surface area contributed by atoms with Gasteiger partial charge in [0.15, 0.2) is 0 Å². The fraction of sp³-hybridized carbons (Fsp3) is 0.583. The lowest BCUT2D eigenvalue weighted by Crippen LogP contribution is -2.56. The van der Waals surface area contributed by atoms with Gasteiger partial charge in [-0.05, 0) is 109 Å². The number of piperidine rings is 2. The van der Waals surface area contributed by atoms with Crippen molar-refractivity contribution in [1.82, 2.24) is 19.7 Å². The van der Waals surface area contributed by atoms with Crippen LogP contribution in [0.1, 0.15) is 53.4 Å². The third kappa shape index (κ3) is 8.44. The highest BCUT2D eigenvalue weighted by molar-refractivity contribution is 7.91. The van der Waals surface area contributed by atoms with Crippen molar-refractivity contribution >= 4 is 26.4 Å². The van der Waals surface area contributed by atoms with Crippen LogP contribution in [0.25, 0.3) is 10.9 Å². The molecule has 3 aromatic rings. The van der Waals surface area contributed by atoms with Crippen LogP contribution in [0.15, 0.2) is 58.5 Å². The number of halogens is 3. The van der Waals surface area contributed by atoms with Crippen LogP contribution < -0.4 is 14.4 Å². The number of rotatable bonds is 8. The van der Waals surface area contributed by atoms with Crippen molar-refractivity contribution in [3.63, 3.8) is 0 Å². The van der Waals surface area contributed by atoms with Crippen LogP contribution in [0, 0.1) is 0 Å². The summed E-state index contributed by atoms with van der Waals surface area (Å²) in [4.78, 5) is 14.1. The molecule has 0 amide bonds. The number of fused-ring (bicyclic) bond motifs is 1. The minimum Gasteiger partial charge on any atom is -0.488 e. The molecule has 0 bridgehead atoms. The molecule has 0 radical (unpaired) electrons. The molecule has 49 heavy (non-hydrogen) atoms. The molecule has 9 nitrogen and oxygen atoms in total. The van der Waals surface area contributed by atoms with Gasteiger partial charge in [0.05, 0.1) is 16.1 Å². The highest BCUT2D eigenvalue weighted by Crippen LogP contribution is 2.40. The summed E-state index contributed by atoms with van der Waals surface area (Å²) in [5.74, 6) is 0.108. The topological polar surface area (TPSA) is 78.5 Å². The van der Waals surface area contributed by atoms with Crippen molar-refractivity contribution in [2.24, 2.45) is 0 Å². The number of aromatic nitrogens is 1. The number of sulfone groups is 1. The van der Waals surface area contributed by atoms with E-state index in [1.165, 1.54) is 62.5 Å². The number of hydrogen-bond donors (Lipinski definition) is 0. The van der Waals surface area contributed by atoms with Crippen LogP contribution in [-0.4, -0.2) is 111 Å². The summed E-state index contributed by atoms with van der Waals surface area (Å²) in [6, 6.07) is 11.1. The van der Waals surface area contributed by atoms with Gasteiger partial charge in [0, 0.05) is 62.9 Å². The lowest BCUT2D eigenvalue weighted by Gasteiger charge is -2.46. The average Bonchev–Trinajstić information content (AvgIpc) is 3.07. The van der Waals surface area contributed by atoms with Gasteiger partial charge in [-0.25, -0.2) is 8.42 Å². The van der Waals surface area contributed by atoms with Crippen molar-refractivity contribution in [3.8, 4) is 11.5 Å². The SMILES string of the molecule is CCN1CCC(N2CCN(C3CCN(c4c(S(=O)(=O)c5ccc(OC(C)(C)C)cc5)cnc5ccc(OC(F)(F)F)cc45)CC3)CC2)CC1. The molecule has 13 heteroatoms. The van der Waals surface area contributed by atoms with E-state index in [1.807, 2.05) is 25.7 Å². The second-order valence-corrected chi connectivity index (χ2v) is 16.3. The molecule has 2 aromatic carbocycles. The summed E-state index contributed by atoms with van der Waals surface area (Å²) in [5, 5.41) is 0.302. The second-order valence-electron chi connectivity index (χ2n) is 14.3. The largest absolute Gasteiger partial charge is 0.573 e. The number of anilines is 1. The van der Waals surface area contributed by atoms with Crippen LogP contribution in [-0.2, 0) is 9.84 Å². The van der Waals surface area contributed by atoms with Crippen molar-refractivity contribution in [2.45, 2.75) is 87.2 Å². The Morgan fingerprint density at radius 3 is 1.86 bits per heavy atom. The Hall–Kier alpha value is -3.13. The smallest absolute Gasteiger partial charge is 0.488 e. The molecule has 3 aliphatic rings. The van der Waals surface area contributed by atoms with Crippen molar-refractivity contribution < 1.29 is 31.1 Å². The summed E-state index contributed by atoms with van der Waals surface area (Å²) in [6.07, 6.45) is 0.513. The quantitative estimate of drug-likeness (QED) is 0.272. The van der Waals surface area contributed by atoms with Gasteiger partial charge in [0.2, 0.25) is 9.84 Å². The van der Waals surface area contributed by atoms with Crippen molar-refractivity contribution in [3.05, 3.63) is 48.7 Å². The van der Waals surface area contributed by atoms with E-state index in [4.69, 9.17) is 4.74 Å². The van der Waals surface area contributed by atoms with Gasteiger partial charge >= 0.3 is 6.36 Å². The summed E-state index contributed by atoms with van der Waals surface area (Å²) >= 11 is 0. The zero-order valence-corrected chi connectivity index (χ0v) is 29.7. The Kier molecular flexibility index (Phi) is 10.4. The fourth-order valence-electron chi connectivity index (χ4n) is 7.55. The minimum absolute atomic E-state index is 0.0465. The number of hydrogen-bond acceptors (Lipinski definition) is 9. The summed E-state index contributed by atoms with van der Waals surface area (Å²) in [5.41, 5.74) is 0.285. The maximum atomic E-state index is 14.2. The third-order valence-electron chi connectivity index (χ3n) is 10.0. The maximum absolute atomic E-state index is 14.2. The first kappa shape index (κ1) is 35.7. The summed E-state index contributed by atoms with van der Waals surface area (Å²) in [6.45, 7) is 16.6. The number of pyridine rings is 1. The molecule has 0 aliphatic carbocycles. The predicted molar refractivity (Wildman–Crippen MR) is 184 cm³/mol.